The number of halogens is 1. The maximum Gasteiger partial charge on any atom is 0.322 e. The number of hydrogen-bond acceptors (Lipinski definition) is 7. The highest BCUT2D eigenvalue weighted by atomic mass is 35.5. The molecule has 0 radical (unpaired) electrons. The van der Waals surface area contributed by atoms with Crippen molar-refractivity contribution in [2.75, 3.05) is 5.32 Å². The molecular weight excluding hydrogens is 310 g/mol. The number of anilines is 1. The molecule has 6 nitrogen and oxygen atoms in total. The molecule has 21 heavy (non-hydrogen) atoms. The summed E-state index contributed by atoms with van der Waals surface area (Å²) in [4.78, 5) is 17.8. The lowest BCUT2D eigenvalue weighted by Crippen LogP contribution is -2.13. The highest BCUT2D eigenvalue weighted by molar-refractivity contribution is 7.11. The summed E-state index contributed by atoms with van der Waals surface area (Å²) in [6, 6.07) is 0.249. The van der Waals surface area contributed by atoms with E-state index in [1.165, 1.54) is 0 Å². The van der Waals surface area contributed by atoms with E-state index in [0.29, 0.717) is 5.95 Å². The van der Waals surface area contributed by atoms with Crippen LogP contribution in [-0.4, -0.2) is 26.0 Å². The third-order valence-corrected chi connectivity index (χ3v) is 4.03. The molecule has 0 aliphatic rings. The summed E-state index contributed by atoms with van der Waals surface area (Å²) in [7, 11) is 0. The van der Waals surface area contributed by atoms with Gasteiger partial charge in [0.05, 0.1) is 22.8 Å². The zero-order valence-electron chi connectivity index (χ0n) is 12.6. The van der Waals surface area contributed by atoms with Gasteiger partial charge in [-0.25, -0.2) is 4.98 Å². The molecule has 114 valence electrons. The summed E-state index contributed by atoms with van der Waals surface area (Å²) in [6.45, 7) is 9.81. The van der Waals surface area contributed by atoms with E-state index in [1.807, 2.05) is 34.6 Å². The zero-order valence-corrected chi connectivity index (χ0v) is 14.2. The minimum atomic E-state index is -0.0277. The Morgan fingerprint density at radius 2 is 1.81 bits per heavy atom. The van der Waals surface area contributed by atoms with Crippen molar-refractivity contribution in [3.05, 3.63) is 20.9 Å². The normalized spacial score (nSPS) is 12.5. The molecule has 0 aliphatic heterocycles. The second kappa shape index (κ2) is 6.53. The van der Waals surface area contributed by atoms with E-state index in [1.54, 1.807) is 11.3 Å². The number of aromatic nitrogens is 4. The molecule has 0 fully saturated rings. The van der Waals surface area contributed by atoms with Crippen molar-refractivity contribution in [2.45, 2.75) is 46.8 Å². The quantitative estimate of drug-likeness (QED) is 0.905. The Hall–Kier alpha value is -1.47. The van der Waals surface area contributed by atoms with Gasteiger partial charge in [0.2, 0.25) is 11.2 Å². The fourth-order valence-corrected chi connectivity index (χ4v) is 2.95. The first-order chi connectivity index (χ1) is 9.85. The van der Waals surface area contributed by atoms with Gasteiger partial charge in [-0.1, -0.05) is 0 Å². The van der Waals surface area contributed by atoms with Crippen molar-refractivity contribution in [1.82, 2.24) is 19.9 Å². The summed E-state index contributed by atoms with van der Waals surface area (Å²) in [5.74, 6) is 0.392. The molecule has 2 aromatic rings. The van der Waals surface area contributed by atoms with Gasteiger partial charge in [-0.3, -0.25) is 0 Å². The van der Waals surface area contributed by atoms with Crippen LogP contribution in [-0.2, 0) is 0 Å². The van der Waals surface area contributed by atoms with Crippen molar-refractivity contribution < 1.29 is 4.74 Å². The third-order valence-electron chi connectivity index (χ3n) is 2.61. The maximum atomic E-state index is 5.91. The second-order valence-corrected chi connectivity index (χ2v) is 6.50. The Morgan fingerprint density at radius 3 is 2.38 bits per heavy atom. The zero-order chi connectivity index (χ0) is 15.6. The number of nitrogens with zero attached hydrogens (tertiary/aromatic N) is 4. The minimum Gasteiger partial charge on any atom is -0.461 e. The summed E-state index contributed by atoms with van der Waals surface area (Å²) >= 11 is 7.56. The molecule has 1 N–H and O–H groups in total. The molecule has 2 rings (SSSR count). The van der Waals surface area contributed by atoms with Gasteiger partial charge < -0.3 is 10.1 Å². The van der Waals surface area contributed by atoms with Crippen molar-refractivity contribution in [3.63, 3.8) is 0 Å². The number of nitrogens with one attached hydrogen (secondary N) is 1. The van der Waals surface area contributed by atoms with Crippen molar-refractivity contribution in [2.24, 2.45) is 0 Å². The maximum absolute atomic E-state index is 5.91. The van der Waals surface area contributed by atoms with Crippen LogP contribution in [0.5, 0.6) is 6.01 Å². The smallest absolute Gasteiger partial charge is 0.322 e. The van der Waals surface area contributed by atoms with Crippen LogP contribution in [0.15, 0.2) is 0 Å². The van der Waals surface area contributed by atoms with Gasteiger partial charge in [-0.05, 0) is 46.2 Å². The monoisotopic (exact) mass is 327 g/mol. The van der Waals surface area contributed by atoms with Crippen molar-refractivity contribution >= 4 is 28.9 Å². The molecule has 0 aliphatic carbocycles. The first-order valence-corrected chi connectivity index (χ1v) is 7.83. The number of ether oxygens (including phenoxy) is 1. The molecule has 2 heterocycles. The largest absolute Gasteiger partial charge is 0.461 e. The number of thiazole rings is 1. The Morgan fingerprint density at radius 1 is 1.10 bits per heavy atom. The number of aryl methyl sites for hydroxylation is 2. The molecule has 0 bridgehead atoms. The number of rotatable bonds is 5. The summed E-state index contributed by atoms with van der Waals surface area (Å²) in [5.41, 5.74) is 1.01. The van der Waals surface area contributed by atoms with Gasteiger partial charge in [0.25, 0.3) is 0 Å². The van der Waals surface area contributed by atoms with Gasteiger partial charge >= 0.3 is 6.01 Å². The first-order valence-electron chi connectivity index (χ1n) is 6.64. The fourth-order valence-electron chi connectivity index (χ4n) is 1.87. The summed E-state index contributed by atoms with van der Waals surface area (Å²) in [5, 5.41) is 4.35. The summed E-state index contributed by atoms with van der Waals surface area (Å²) < 4.78 is 5.45. The van der Waals surface area contributed by atoms with E-state index < -0.39 is 0 Å². The molecule has 0 amide bonds. The minimum absolute atomic E-state index is 0.0277. The van der Waals surface area contributed by atoms with Crippen LogP contribution in [0.25, 0.3) is 0 Å². The first kappa shape index (κ1) is 15.9. The average molecular weight is 328 g/mol. The van der Waals surface area contributed by atoms with E-state index in [0.717, 1.165) is 15.6 Å². The van der Waals surface area contributed by atoms with Crippen LogP contribution < -0.4 is 10.1 Å². The van der Waals surface area contributed by atoms with Crippen LogP contribution in [0.1, 0.15) is 42.4 Å². The van der Waals surface area contributed by atoms with E-state index >= 15 is 0 Å². The van der Waals surface area contributed by atoms with Crippen molar-refractivity contribution in [3.8, 4) is 6.01 Å². The van der Waals surface area contributed by atoms with Crippen LogP contribution in [0.2, 0.25) is 5.28 Å². The lowest BCUT2D eigenvalue weighted by Gasteiger charge is -2.14. The number of hydrogen-bond donors (Lipinski definition) is 1. The molecule has 1 atom stereocenters. The molecule has 2 aromatic heterocycles. The van der Waals surface area contributed by atoms with E-state index in [9.17, 15) is 0 Å². The predicted octanol–water partition coefficient (Wildman–Crippen LogP) is 3.56. The Balaban J connectivity index is 2.18. The lowest BCUT2D eigenvalue weighted by molar-refractivity contribution is 0.222. The average Bonchev–Trinajstić information content (AvgIpc) is 2.66. The molecular formula is C13H18ClN5OS. The standard InChI is InChI=1S/C13H18ClN5OS/c1-6(2)20-13-18-11(14)17-12(19-13)16-8(4)10-7(3)15-9(5)21-10/h6,8H,1-5H3,(H,16,17,18,19). The van der Waals surface area contributed by atoms with Gasteiger partial charge in [-0.15, -0.1) is 11.3 Å². The SMILES string of the molecule is Cc1nc(C)c(C(C)Nc2nc(Cl)nc(OC(C)C)n2)s1. The van der Waals surface area contributed by atoms with E-state index in [4.69, 9.17) is 16.3 Å². The molecule has 1 unspecified atom stereocenters. The topological polar surface area (TPSA) is 72.8 Å². The highest BCUT2D eigenvalue weighted by Crippen LogP contribution is 2.27. The van der Waals surface area contributed by atoms with Crippen LogP contribution in [0, 0.1) is 13.8 Å². The molecule has 0 spiro atoms. The van der Waals surface area contributed by atoms with Crippen LogP contribution in [0.3, 0.4) is 0 Å². The Labute approximate surface area is 133 Å². The lowest BCUT2D eigenvalue weighted by atomic mass is 10.2. The van der Waals surface area contributed by atoms with Crippen LogP contribution >= 0.6 is 22.9 Å². The Kier molecular flexibility index (Phi) is 4.95. The van der Waals surface area contributed by atoms with Gasteiger partial charge in [0.1, 0.15) is 0 Å². The van der Waals surface area contributed by atoms with Gasteiger partial charge in [0.15, 0.2) is 0 Å². The van der Waals surface area contributed by atoms with Crippen LogP contribution in [0.4, 0.5) is 5.95 Å². The third kappa shape index (κ3) is 4.25. The Bertz CT molecular complexity index is 631. The predicted molar refractivity (Wildman–Crippen MR) is 84.2 cm³/mol. The molecule has 0 saturated heterocycles. The molecule has 8 heteroatoms. The highest BCUT2D eigenvalue weighted by Gasteiger charge is 2.15. The van der Waals surface area contributed by atoms with Gasteiger partial charge in [-0.2, -0.15) is 15.0 Å². The van der Waals surface area contributed by atoms with E-state index in [2.05, 4.69) is 25.3 Å². The molecule has 0 saturated carbocycles. The van der Waals surface area contributed by atoms with Crippen molar-refractivity contribution in [1.29, 1.82) is 0 Å². The summed E-state index contributed by atoms with van der Waals surface area (Å²) in [6.07, 6.45) is -0.0277. The van der Waals surface area contributed by atoms with E-state index in [-0.39, 0.29) is 23.4 Å². The van der Waals surface area contributed by atoms with Gasteiger partial charge in [0, 0.05) is 4.88 Å². The fraction of sp³-hybridized carbons (Fsp3) is 0.538. The second-order valence-electron chi connectivity index (χ2n) is 4.93. The molecule has 0 aromatic carbocycles.